The van der Waals surface area contributed by atoms with E-state index in [4.69, 9.17) is 28.7 Å². The van der Waals surface area contributed by atoms with Gasteiger partial charge in [-0.05, 0) is 41.8 Å². The molecule has 0 bridgehead atoms. The number of hydrogen-bond acceptors (Lipinski definition) is 27. The van der Waals surface area contributed by atoms with Crippen LogP contribution in [0.5, 0.6) is 11.5 Å². The average Bonchev–Trinajstić information content (AvgIpc) is 3.09. The Hall–Kier alpha value is -3.65. The lowest BCUT2D eigenvalue weighted by Gasteiger charge is -2.27. The first kappa shape index (κ1) is 51.0. The first-order chi connectivity index (χ1) is 28.1. The van der Waals surface area contributed by atoms with Crippen molar-refractivity contribution in [2.24, 2.45) is 20.5 Å². The predicted molar refractivity (Wildman–Crippen MR) is 219 cm³/mol. The number of ether oxygens (including phenoxy) is 1. The number of nitrogens with two attached hydrogens (primary N) is 1. The Morgan fingerprint density at radius 1 is 0.548 bits per heavy atom. The second kappa shape index (κ2) is 18.4. The van der Waals surface area contributed by atoms with Gasteiger partial charge in [-0.15, -0.1) is 15.3 Å². The summed E-state index contributed by atoms with van der Waals surface area (Å²) in [6.07, 6.45) is 0. The van der Waals surface area contributed by atoms with Crippen molar-refractivity contribution in [3.05, 3.63) is 48.5 Å². The van der Waals surface area contributed by atoms with Crippen molar-refractivity contribution in [1.82, 2.24) is 0 Å². The molecule has 4 rings (SSSR count). The summed E-state index contributed by atoms with van der Waals surface area (Å²) < 4.78 is 222. The molecule has 0 saturated heterocycles. The van der Waals surface area contributed by atoms with E-state index in [9.17, 15) is 75.9 Å². The number of azo groups is 2. The van der Waals surface area contributed by atoms with Gasteiger partial charge in [0.25, 0.3) is 10.1 Å². The number of anilines is 1. The third-order valence-electron chi connectivity index (χ3n) is 7.38. The minimum Gasteiger partial charge on any atom is -0.505 e. The molecule has 0 heterocycles. The van der Waals surface area contributed by atoms with Crippen LogP contribution < -0.4 is 10.5 Å². The van der Waals surface area contributed by atoms with Crippen molar-refractivity contribution in [2.75, 3.05) is 31.3 Å². The maximum absolute atomic E-state index is 12.6. The highest BCUT2D eigenvalue weighted by molar-refractivity contribution is 8.20. The fourth-order valence-corrected chi connectivity index (χ4v) is 9.44. The Labute approximate surface area is 355 Å². The van der Waals surface area contributed by atoms with Gasteiger partial charge in [-0.2, -0.15) is 21.9 Å². The molecule has 4 aromatic carbocycles. The van der Waals surface area contributed by atoms with Gasteiger partial charge < -0.3 is 56.6 Å². The van der Waals surface area contributed by atoms with Crippen LogP contribution in [0.1, 0.15) is 0 Å². The summed E-state index contributed by atoms with van der Waals surface area (Å²) in [5.74, 6) is -2.71. The van der Waals surface area contributed by atoms with Crippen LogP contribution in [-0.2, 0) is 38.7 Å². The van der Waals surface area contributed by atoms with Crippen LogP contribution in [0.4, 0.5) is 28.4 Å². The minimum absolute atomic E-state index is 0.201. The molecule has 4 aromatic rings. The van der Waals surface area contributed by atoms with Gasteiger partial charge >= 0.3 is 10.4 Å². The highest BCUT2D eigenvalue weighted by Crippen LogP contribution is 2.60. The molecule has 36 heteroatoms. The number of nitrogens with zero attached hydrogens (tertiary/aromatic N) is 4. The molecule has 0 aromatic heterocycles. The van der Waals surface area contributed by atoms with E-state index in [-0.39, 0.29) is 10.6 Å². The molecule has 348 valence electrons. The molecule has 0 saturated carbocycles. The van der Waals surface area contributed by atoms with E-state index in [0.717, 1.165) is 24.3 Å². The zero-order chi connectivity index (χ0) is 47.0. The predicted octanol–water partition coefficient (Wildman–Crippen LogP) is 7.08. The molecule has 0 spiro atoms. The number of phenols is 1. The third-order valence-corrected chi connectivity index (χ3v) is 13.6. The van der Waals surface area contributed by atoms with Crippen LogP contribution >= 0.6 is 43.8 Å². The Bertz CT molecular complexity index is 2710. The zero-order valence-corrected chi connectivity index (χ0v) is 35.8. The van der Waals surface area contributed by atoms with Gasteiger partial charge in [-0.25, -0.2) is 12.6 Å². The monoisotopic (exact) mass is 1020 g/mol. The van der Waals surface area contributed by atoms with E-state index in [0.29, 0.717) is 24.3 Å². The number of rotatable bonds is 18. The molecule has 0 atom stereocenters. The number of benzene rings is 4. The van der Waals surface area contributed by atoms with Crippen molar-refractivity contribution in [2.45, 2.75) is 24.5 Å². The van der Waals surface area contributed by atoms with Crippen molar-refractivity contribution in [1.29, 1.82) is 0 Å². The maximum atomic E-state index is 12.6. The molecule has 62 heavy (non-hydrogen) atoms. The summed E-state index contributed by atoms with van der Waals surface area (Å²) in [6, 6.07) is 6.25. The molecule has 0 radical (unpaired) electrons. The number of sulfone groups is 1. The normalized spacial score (nSPS) is 14.8. The van der Waals surface area contributed by atoms with Crippen molar-refractivity contribution < 1.29 is 107 Å². The lowest BCUT2D eigenvalue weighted by Crippen LogP contribution is -2.14. The van der Waals surface area contributed by atoms with E-state index in [2.05, 4.69) is 28.8 Å². The van der Waals surface area contributed by atoms with E-state index in [1.54, 1.807) is 0 Å². The fourth-order valence-electron chi connectivity index (χ4n) is 4.87. The zero-order valence-electron chi connectivity index (χ0n) is 30.1. The lowest BCUT2D eigenvalue weighted by molar-refractivity contribution is 0.201. The molecule has 29 nitrogen and oxygen atoms in total. The SMILES string of the molecule is Nc1c(N=Nc2c(S(O)(O)O)cc(OCCOS(=O)(=O)O)cc2S(O)(O)O)c(S(=O)(=O)O)cc2cc(S(O)(O)O)c(N=Nc3ccc(S(=O)(=O)CCOS(O)(O)O)cc3)c(O)c12. The number of fused-ring (bicyclic) bond motifs is 1. The second-order valence-corrected chi connectivity index (χ2v) is 21.9. The van der Waals surface area contributed by atoms with Crippen LogP contribution in [0.25, 0.3) is 10.8 Å². The smallest absolute Gasteiger partial charge is 0.397 e. The van der Waals surface area contributed by atoms with Crippen molar-refractivity contribution in [3.63, 3.8) is 0 Å². The average molecular weight is 1020 g/mol. The van der Waals surface area contributed by atoms with E-state index in [1.165, 1.54) is 0 Å². The summed E-state index contributed by atoms with van der Waals surface area (Å²) >= 11 is -4.44. The highest BCUT2D eigenvalue weighted by atomic mass is 32.3. The van der Waals surface area contributed by atoms with Gasteiger partial charge in [0.15, 0.2) is 15.6 Å². The van der Waals surface area contributed by atoms with Crippen LogP contribution in [0.2, 0.25) is 0 Å². The topological polar surface area (TPSA) is 509 Å². The Morgan fingerprint density at radius 2 is 1.03 bits per heavy atom. The molecule has 0 unspecified atom stereocenters. The lowest BCUT2D eigenvalue weighted by atomic mass is 10.1. The summed E-state index contributed by atoms with van der Waals surface area (Å²) in [5, 5.41) is 24.5. The molecular formula is C26H33N5O24S7. The van der Waals surface area contributed by atoms with Crippen LogP contribution in [0, 0.1) is 0 Å². The number of aromatic hydroxyl groups is 1. The van der Waals surface area contributed by atoms with Gasteiger partial charge in [0.2, 0.25) is 11.2 Å². The van der Waals surface area contributed by atoms with Gasteiger partial charge in [0.05, 0.1) is 48.7 Å². The van der Waals surface area contributed by atoms with Crippen LogP contribution in [0.3, 0.4) is 0 Å². The molecular weight excluding hydrogens is 991 g/mol. The molecule has 17 N–H and O–H groups in total. The molecule has 0 amide bonds. The van der Waals surface area contributed by atoms with Gasteiger partial charge in [-0.1, -0.05) is 0 Å². The second-order valence-electron chi connectivity index (χ2n) is 11.7. The van der Waals surface area contributed by atoms with E-state index < -0.39 is 164 Å². The molecule has 0 aliphatic carbocycles. The van der Waals surface area contributed by atoms with Gasteiger partial charge in [0, 0.05) is 12.1 Å². The number of hydrogen-bond donors (Lipinski definition) is 16. The van der Waals surface area contributed by atoms with Crippen LogP contribution in [-0.4, -0.2) is 120 Å². The highest BCUT2D eigenvalue weighted by Gasteiger charge is 2.33. The van der Waals surface area contributed by atoms with E-state index in [1.807, 2.05) is 0 Å². The standard InChI is InChI=1S/C26H33N5O24S7/c27-22-21-13(10-18(58(38,39)40)25(26(21)32)31-28-14-1-3-16(4-2-14)56(33,34)8-7-55-62(50,51)52)9-17(57(35,36)37)24(22)30-29-23-19(59(41,42)43)11-15(12-20(23)60(44,45)46)53-5-6-54-61(47,48)49/h1-4,9-12,32,38-46,50-52H,5-8,27H2,(H,35,36,37)(H,47,48,49). The van der Waals surface area contributed by atoms with Crippen LogP contribution in [0.15, 0.2) is 93.5 Å². The molecule has 0 aliphatic heterocycles. The fraction of sp³-hybridized carbons (Fsp3) is 0.154. The number of nitrogen functional groups attached to an aromatic ring is 1. The molecule has 0 fully saturated rings. The molecule has 0 aliphatic rings. The summed E-state index contributed by atoms with van der Waals surface area (Å²) in [7, 11) is -29.7. The Morgan fingerprint density at radius 3 is 1.52 bits per heavy atom. The minimum atomic E-state index is -5.50. The van der Waals surface area contributed by atoms with Gasteiger partial charge in [0.1, 0.15) is 73.5 Å². The first-order valence-electron chi connectivity index (χ1n) is 15.5. The Kier molecular flexibility index (Phi) is 15.2. The van der Waals surface area contributed by atoms with Gasteiger partial charge in [-0.3, -0.25) is 26.9 Å². The maximum Gasteiger partial charge on any atom is 0.397 e. The third kappa shape index (κ3) is 13.2. The summed E-state index contributed by atoms with van der Waals surface area (Å²) in [4.78, 5) is -5.15. The Balaban J connectivity index is 1.90. The number of phenolic OH excluding ortho intramolecular Hbond substituents is 1. The quantitative estimate of drug-likeness (QED) is 0.0205. The summed E-state index contributed by atoms with van der Waals surface area (Å²) in [5.41, 5.74) is 1.63. The first-order valence-corrected chi connectivity index (χ1v) is 25.9. The summed E-state index contributed by atoms with van der Waals surface area (Å²) in [6.45, 7) is -2.47. The largest absolute Gasteiger partial charge is 0.505 e. The van der Waals surface area contributed by atoms with Crippen molar-refractivity contribution >= 4 is 113 Å². The van der Waals surface area contributed by atoms with E-state index >= 15 is 0 Å². The van der Waals surface area contributed by atoms with Crippen molar-refractivity contribution in [3.8, 4) is 11.5 Å².